The molecule has 0 saturated heterocycles. The molecule has 0 heterocycles. The van der Waals surface area contributed by atoms with Crippen molar-refractivity contribution in [2.75, 3.05) is 12.8 Å². The molecule has 18 heavy (non-hydrogen) atoms. The van der Waals surface area contributed by atoms with Crippen LogP contribution in [0.1, 0.15) is 29.8 Å². The molecular weight excluding hydrogens is 251 g/mol. The van der Waals surface area contributed by atoms with Crippen molar-refractivity contribution in [2.45, 2.75) is 13.8 Å². The summed E-state index contributed by atoms with van der Waals surface area (Å²) in [6.07, 6.45) is 3.23. The van der Waals surface area contributed by atoms with Gasteiger partial charge in [0.1, 0.15) is 6.16 Å². The third kappa shape index (κ3) is 4.57. The molecule has 0 aromatic heterocycles. The van der Waals surface area contributed by atoms with Crippen molar-refractivity contribution in [1.82, 2.24) is 0 Å². The van der Waals surface area contributed by atoms with Crippen molar-refractivity contribution in [1.29, 1.82) is 0 Å². The Morgan fingerprint density at radius 3 is 2.83 bits per heavy atom. The van der Waals surface area contributed by atoms with Gasteiger partial charge in [-0.3, -0.25) is 9.36 Å². The van der Waals surface area contributed by atoms with Crippen molar-refractivity contribution in [3.63, 3.8) is 0 Å². The second kappa shape index (κ2) is 6.64. The molecule has 0 aliphatic carbocycles. The molecule has 1 atom stereocenters. The van der Waals surface area contributed by atoms with Crippen molar-refractivity contribution in [3.8, 4) is 0 Å². The van der Waals surface area contributed by atoms with E-state index >= 15 is 0 Å². The number of Topliss-reactive ketones (excluding diaryl/α,β-unsaturated/α-hetero) is 1. The van der Waals surface area contributed by atoms with Gasteiger partial charge < -0.3 is 9.42 Å². The van der Waals surface area contributed by atoms with E-state index in [4.69, 9.17) is 0 Å². The molecule has 1 aromatic carbocycles. The normalized spacial score (nSPS) is 14.6. The van der Waals surface area contributed by atoms with Gasteiger partial charge in [0.2, 0.25) is 0 Å². The lowest BCUT2D eigenvalue weighted by atomic mass is 10.1. The fourth-order valence-electron chi connectivity index (χ4n) is 1.53. The van der Waals surface area contributed by atoms with Crippen LogP contribution in [0.5, 0.6) is 0 Å². The topological polar surface area (TPSA) is 63.6 Å². The quantitative estimate of drug-likeness (QED) is 0.636. The van der Waals surface area contributed by atoms with Crippen LogP contribution in [0.15, 0.2) is 30.3 Å². The molecular formula is C13H17O4P. The van der Waals surface area contributed by atoms with E-state index in [1.165, 1.54) is 0 Å². The van der Waals surface area contributed by atoms with Crippen LogP contribution >= 0.6 is 7.60 Å². The lowest BCUT2D eigenvalue weighted by molar-refractivity contribution is 0.101. The monoisotopic (exact) mass is 268 g/mol. The molecule has 1 rings (SSSR count). The average Bonchev–Trinajstić information content (AvgIpc) is 2.29. The Bertz CT molecular complexity index is 494. The summed E-state index contributed by atoms with van der Waals surface area (Å²) >= 11 is 0. The summed E-state index contributed by atoms with van der Waals surface area (Å²) in [4.78, 5) is 21.3. The lowest BCUT2D eigenvalue weighted by Gasteiger charge is -2.09. The molecule has 0 amide bonds. The van der Waals surface area contributed by atoms with Gasteiger partial charge in [-0.15, -0.1) is 0 Å². The number of hydrogen-bond donors (Lipinski definition) is 1. The number of rotatable bonds is 6. The van der Waals surface area contributed by atoms with Crippen molar-refractivity contribution >= 4 is 19.5 Å². The van der Waals surface area contributed by atoms with E-state index < -0.39 is 13.8 Å². The molecule has 0 radical (unpaired) electrons. The van der Waals surface area contributed by atoms with E-state index in [2.05, 4.69) is 4.52 Å². The molecule has 4 nitrogen and oxygen atoms in total. The Balaban J connectivity index is 2.84. The lowest BCUT2D eigenvalue weighted by Crippen LogP contribution is -2.08. The third-order valence-electron chi connectivity index (χ3n) is 2.24. The number of carbonyl (C=O) groups is 1. The molecule has 1 aromatic rings. The summed E-state index contributed by atoms with van der Waals surface area (Å²) in [6, 6.07) is 6.92. The van der Waals surface area contributed by atoms with Crippen LogP contribution in [0.3, 0.4) is 0 Å². The molecule has 0 aliphatic rings. The SMILES string of the molecule is CC=Cc1cccc(C(=O)CP(=O)(O)OCC)c1. The van der Waals surface area contributed by atoms with E-state index in [0.717, 1.165) is 5.56 Å². The first-order valence-electron chi connectivity index (χ1n) is 5.71. The summed E-state index contributed by atoms with van der Waals surface area (Å²) in [5.74, 6) is -0.388. The van der Waals surface area contributed by atoms with Crippen LogP contribution < -0.4 is 0 Å². The van der Waals surface area contributed by atoms with Gasteiger partial charge in [0.25, 0.3) is 0 Å². The summed E-state index contributed by atoms with van der Waals surface area (Å²) < 4.78 is 16.2. The zero-order chi connectivity index (χ0) is 13.6. The Hall–Kier alpha value is -1.22. The molecule has 0 saturated carbocycles. The number of benzene rings is 1. The molecule has 0 fully saturated rings. The van der Waals surface area contributed by atoms with E-state index in [1.54, 1.807) is 25.1 Å². The largest absolute Gasteiger partial charge is 0.335 e. The first-order valence-corrected chi connectivity index (χ1v) is 7.47. The predicted octanol–water partition coefficient (Wildman–Crippen LogP) is 3.12. The molecule has 0 aliphatic heterocycles. The van der Waals surface area contributed by atoms with Gasteiger partial charge in [0.05, 0.1) is 6.61 Å². The van der Waals surface area contributed by atoms with Crippen LogP contribution in [0.2, 0.25) is 0 Å². The van der Waals surface area contributed by atoms with Gasteiger partial charge >= 0.3 is 7.60 Å². The summed E-state index contributed by atoms with van der Waals surface area (Å²) in [6.45, 7) is 3.60. The minimum Gasteiger partial charge on any atom is -0.324 e. The van der Waals surface area contributed by atoms with Crippen molar-refractivity contribution < 1.29 is 18.8 Å². The molecule has 0 bridgehead atoms. The first-order chi connectivity index (χ1) is 8.48. The smallest absolute Gasteiger partial charge is 0.324 e. The van der Waals surface area contributed by atoms with Gasteiger partial charge in [0.15, 0.2) is 5.78 Å². The fourth-order valence-corrected chi connectivity index (χ4v) is 2.57. The van der Waals surface area contributed by atoms with Crippen LogP contribution in [-0.4, -0.2) is 23.4 Å². The number of carbonyl (C=O) groups excluding carboxylic acids is 1. The number of ketones is 1. The summed E-state index contributed by atoms with van der Waals surface area (Å²) in [5.41, 5.74) is 1.30. The molecule has 1 unspecified atom stereocenters. The maximum absolute atomic E-state index is 11.9. The van der Waals surface area contributed by atoms with Gasteiger partial charge in [-0.2, -0.15) is 0 Å². The average molecular weight is 268 g/mol. The maximum atomic E-state index is 11.9. The second-order valence-electron chi connectivity index (χ2n) is 3.76. The molecule has 5 heteroatoms. The van der Waals surface area contributed by atoms with Crippen molar-refractivity contribution in [3.05, 3.63) is 41.5 Å². The van der Waals surface area contributed by atoms with Crippen LogP contribution in [0.4, 0.5) is 0 Å². The number of allylic oxidation sites excluding steroid dienone is 1. The van der Waals surface area contributed by atoms with E-state index in [1.807, 2.05) is 25.1 Å². The van der Waals surface area contributed by atoms with Crippen molar-refractivity contribution in [2.24, 2.45) is 0 Å². The predicted molar refractivity (Wildman–Crippen MR) is 71.8 cm³/mol. The van der Waals surface area contributed by atoms with Gasteiger partial charge in [-0.1, -0.05) is 30.4 Å². The minimum absolute atomic E-state index is 0.111. The zero-order valence-corrected chi connectivity index (χ0v) is 11.4. The minimum atomic E-state index is -3.81. The highest BCUT2D eigenvalue weighted by Crippen LogP contribution is 2.41. The second-order valence-corrected chi connectivity index (χ2v) is 5.61. The first kappa shape index (κ1) is 14.8. The number of hydrogen-bond acceptors (Lipinski definition) is 3. The van der Waals surface area contributed by atoms with E-state index in [-0.39, 0.29) is 12.4 Å². The Morgan fingerprint density at radius 1 is 1.50 bits per heavy atom. The van der Waals surface area contributed by atoms with Gasteiger partial charge in [-0.05, 0) is 25.5 Å². The Morgan fingerprint density at radius 2 is 2.22 bits per heavy atom. The fraction of sp³-hybridized carbons (Fsp3) is 0.308. The van der Waals surface area contributed by atoms with E-state index in [0.29, 0.717) is 5.56 Å². The Kier molecular flexibility index (Phi) is 5.48. The van der Waals surface area contributed by atoms with Crippen LogP contribution in [-0.2, 0) is 9.09 Å². The molecule has 98 valence electrons. The van der Waals surface area contributed by atoms with Crippen LogP contribution in [0, 0.1) is 0 Å². The third-order valence-corrected chi connectivity index (χ3v) is 3.59. The van der Waals surface area contributed by atoms with Crippen LogP contribution in [0.25, 0.3) is 6.08 Å². The summed E-state index contributed by atoms with van der Waals surface area (Å²) in [5, 5.41) is 0. The highest BCUT2D eigenvalue weighted by atomic mass is 31.2. The van der Waals surface area contributed by atoms with E-state index in [9.17, 15) is 14.3 Å². The highest BCUT2D eigenvalue weighted by Gasteiger charge is 2.24. The maximum Gasteiger partial charge on any atom is 0.335 e. The molecule has 0 spiro atoms. The Labute approximate surface area is 107 Å². The van der Waals surface area contributed by atoms with Gasteiger partial charge in [-0.25, -0.2) is 0 Å². The standard InChI is InChI=1S/C13H17O4P/c1-3-6-11-7-5-8-12(9-11)13(14)10-18(15,16)17-4-2/h3,5-9H,4,10H2,1-2H3,(H,15,16). The summed E-state index contributed by atoms with van der Waals surface area (Å²) in [7, 11) is -3.81. The van der Waals surface area contributed by atoms with Gasteiger partial charge in [0, 0.05) is 5.56 Å². The zero-order valence-electron chi connectivity index (χ0n) is 10.5. The highest BCUT2D eigenvalue weighted by molar-refractivity contribution is 7.53. The molecule has 1 N–H and O–H groups in total.